The molecule has 0 aliphatic rings. The van der Waals surface area contributed by atoms with Gasteiger partial charge in [0, 0.05) is 34.4 Å². The second-order valence-corrected chi connectivity index (χ2v) is 11.2. The highest BCUT2D eigenvalue weighted by Crippen LogP contribution is 2.30. The van der Waals surface area contributed by atoms with Crippen LogP contribution in [0.25, 0.3) is 34.0 Å². The number of nitrogen functional groups attached to an aromatic ring is 1. The van der Waals surface area contributed by atoms with Crippen LogP contribution in [0.15, 0.2) is 79.6 Å². The molecule has 0 spiro atoms. The molecule has 2 heterocycles. The molecule has 1 unspecified atom stereocenters. The minimum Gasteiger partial charge on any atom is -0.382 e. The van der Waals surface area contributed by atoms with Crippen molar-refractivity contribution >= 4 is 21.5 Å². The Hall–Kier alpha value is -4.25. The molecule has 36 heavy (non-hydrogen) atoms. The van der Waals surface area contributed by atoms with E-state index in [2.05, 4.69) is 24.5 Å². The van der Waals surface area contributed by atoms with E-state index in [1.54, 1.807) is 19.3 Å². The summed E-state index contributed by atoms with van der Waals surface area (Å²) in [5, 5.41) is 4.06. The van der Waals surface area contributed by atoms with Crippen LogP contribution in [0.5, 0.6) is 0 Å². The first-order valence-corrected chi connectivity index (χ1v) is 12.8. The number of guanidine groups is 1. The zero-order chi connectivity index (χ0) is 25.9. The Morgan fingerprint density at radius 2 is 1.67 bits per heavy atom. The van der Waals surface area contributed by atoms with Gasteiger partial charge in [-0.05, 0) is 31.5 Å². The number of aromatic nitrogens is 3. The van der Waals surface area contributed by atoms with Crippen LogP contribution < -0.4 is 17.2 Å². The highest BCUT2D eigenvalue weighted by atomic mass is 32.2. The number of benzene rings is 2. The van der Waals surface area contributed by atoms with Gasteiger partial charge in [-0.2, -0.15) is 0 Å². The van der Waals surface area contributed by atoms with E-state index >= 15 is 0 Å². The van der Waals surface area contributed by atoms with E-state index in [-0.39, 0.29) is 17.0 Å². The number of nitrogens with two attached hydrogens (primary N) is 3. The second-order valence-electron chi connectivity index (χ2n) is 8.33. The van der Waals surface area contributed by atoms with Gasteiger partial charge in [0.25, 0.3) is 0 Å². The monoisotopic (exact) mass is 504 g/mol. The Labute approximate surface area is 209 Å². The molecule has 10 nitrogen and oxygen atoms in total. The first kappa shape index (κ1) is 24.9. The summed E-state index contributed by atoms with van der Waals surface area (Å²) in [5.74, 6) is 0.660. The maximum Gasteiger partial charge on any atom is 0.189 e. The third kappa shape index (κ3) is 5.05. The molecule has 0 aliphatic heterocycles. The van der Waals surface area contributed by atoms with E-state index < -0.39 is 9.73 Å². The molecule has 1 atom stereocenters. The first-order valence-electron chi connectivity index (χ1n) is 11.2. The van der Waals surface area contributed by atoms with Crippen molar-refractivity contribution in [1.29, 1.82) is 0 Å². The van der Waals surface area contributed by atoms with Crippen LogP contribution in [-0.2, 0) is 16.3 Å². The quantitative estimate of drug-likeness (QED) is 0.252. The number of anilines is 1. The lowest BCUT2D eigenvalue weighted by molar-refractivity contribution is 0.434. The zero-order valence-electron chi connectivity index (χ0n) is 20.3. The van der Waals surface area contributed by atoms with E-state index in [1.807, 2.05) is 62.4 Å². The fourth-order valence-corrected chi connectivity index (χ4v) is 5.32. The maximum absolute atomic E-state index is 13.1. The van der Waals surface area contributed by atoms with Crippen molar-refractivity contribution in [2.24, 2.45) is 20.8 Å². The highest BCUT2D eigenvalue weighted by molar-refractivity contribution is 7.94. The average molecular weight is 505 g/mol. The van der Waals surface area contributed by atoms with Crippen LogP contribution >= 0.6 is 0 Å². The van der Waals surface area contributed by atoms with Crippen molar-refractivity contribution in [3.63, 3.8) is 0 Å². The maximum atomic E-state index is 13.1. The fourth-order valence-electron chi connectivity index (χ4n) is 3.61. The lowest BCUT2D eigenvalue weighted by Gasteiger charge is -2.13. The summed E-state index contributed by atoms with van der Waals surface area (Å²) >= 11 is 0. The molecule has 2 aromatic carbocycles. The van der Waals surface area contributed by atoms with Crippen molar-refractivity contribution in [2.75, 3.05) is 12.8 Å². The number of hydrogen-bond acceptors (Lipinski definition) is 8. The molecule has 0 amide bonds. The second kappa shape index (κ2) is 10.2. The predicted octanol–water partition coefficient (Wildman–Crippen LogP) is 3.69. The van der Waals surface area contributed by atoms with Crippen LogP contribution in [0.2, 0.25) is 0 Å². The van der Waals surface area contributed by atoms with Gasteiger partial charge in [-0.25, -0.2) is 23.5 Å². The van der Waals surface area contributed by atoms with Crippen molar-refractivity contribution in [3.8, 4) is 34.0 Å². The minimum atomic E-state index is -2.48. The average Bonchev–Trinajstić information content (AvgIpc) is 3.37. The molecule has 0 aliphatic carbocycles. The smallest absolute Gasteiger partial charge is 0.189 e. The van der Waals surface area contributed by atoms with Gasteiger partial charge in [-0.15, -0.1) is 0 Å². The Balaban J connectivity index is 1.61. The molecular formula is C25H28N8O2S. The van der Waals surface area contributed by atoms with E-state index in [4.69, 9.17) is 21.7 Å². The van der Waals surface area contributed by atoms with Crippen LogP contribution in [0, 0.1) is 0 Å². The van der Waals surface area contributed by atoms with Crippen LogP contribution in [0.4, 0.5) is 5.82 Å². The van der Waals surface area contributed by atoms with E-state index in [0.29, 0.717) is 34.3 Å². The van der Waals surface area contributed by atoms with Crippen molar-refractivity contribution in [2.45, 2.75) is 30.5 Å². The molecule has 186 valence electrons. The number of aliphatic imine (C=N–C) groups is 1. The van der Waals surface area contributed by atoms with Crippen molar-refractivity contribution in [3.05, 3.63) is 66.4 Å². The summed E-state index contributed by atoms with van der Waals surface area (Å²) in [6.07, 6.45) is 1.59. The standard InChI is InChI=1S/C25H28N8O2S/c1-15(2)36(34,29-3)19-10-8-18(9-11-19)21-14-30-24(26)23(32-21)22-12-20(33-35-22)17-6-4-16(5-7-17)13-31-25(27)28/h4-12,14-15H,13H2,1-3H3,(H2,26,30)(H4,27,28,31). The Kier molecular flexibility index (Phi) is 7.02. The van der Waals surface area contributed by atoms with Gasteiger partial charge in [0.1, 0.15) is 5.69 Å². The minimum absolute atomic E-state index is 0.0451. The number of hydrogen-bond donors (Lipinski definition) is 3. The molecule has 0 radical (unpaired) electrons. The highest BCUT2D eigenvalue weighted by Gasteiger charge is 2.18. The lowest BCUT2D eigenvalue weighted by Crippen LogP contribution is -2.22. The molecule has 0 saturated carbocycles. The van der Waals surface area contributed by atoms with E-state index in [1.165, 1.54) is 0 Å². The summed E-state index contributed by atoms with van der Waals surface area (Å²) < 4.78 is 22.8. The summed E-state index contributed by atoms with van der Waals surface area (Å²) in [7, 11) is -0.900. The Morgan fingerprint density at radius 1 is 1.03 bits per heavy atom. The molecule has 0 bridgehead atoms. The van der Waals surface area contributed by atoms with Gasteiger partial charge in [-0.1, -0.05) is 41.6 Å². The van der Waals surface area contributed by atoms with Crippen molar-refractivity contribution in [1.82, 2.24) is 15.1 Å². The van der Waals surface area contributed by atoms with Gasteiger partial charge in [0.2, 0.25) is 0 Å². The topological polar surface area (TPSA) is 172 Å². The van der Waals surface area contributed by atoms with Gasteiger partial charge < -0.3 is 21.7 Å². The molecule has 4 aromatic rings. The fraction of sp³-hybridized carbons (Fsp3) is 0.200. The number of rotatable bonds is 7. The first-order chi connectivity index (χ1) is 17.2. The van der Waals surface area contributed by atoms with Crippen LogP contribution in [0.1, 0.15) is 19.4 Å². The SMILES string of the molecule is CN=S(=O)(c1ccc(-c2cnc(N)c(-c3cc(-c4ccc(CN=C(N)N)cc4)no3)n2)cc1)C(C)C. The third-order valence-corrected chi connectivity index (χ3v) is 8.40. The zero-order valence-corrected chi connectivity index (χ0v) is 21.1. The molecule has 11 heteroatoms. The molecule has 4 rings (SSSR count). The molecular weight excluding hydrogens is 476 g/mol. The third-order valence-electron chi connectivity index (χ3n) is 5.64. The molecule has 2 aromatic heterocycles. The normalized spacial score (nSPS) is 12.8. The Bertz CT molecular complexity index is 1510. The van der Waals surface area contributed by atoms with E-state index in [9.17, 15) is 4.21 Å². The van der Waals surface area contributed by atoms with Gasteiger partial charge in [-0.3, -0.25) is 0 Å². The lowest BCUT2D eigenvalue weighted by atomic mass is 10.1. The summed E-state index contributed by atoms with van der Waals surface area (Å²) in [5.41, 5.74) is 21.1. The number of nitrogens with zero attached hydrogens (tertiary/aromatic N) is 5. The van der Waals surface area contributed by atoms with Gasteiger partial charge >= 0.3 is 0 Å². The van der Waals surface area contributed by atoms with Crippen molar-refractivity contribution < 1.29 is 8.73 Å². The predicted molar refractivity (Wildman–Crippen MR) is 142 cm³/mol. The summed E-state index contributed by atoms with van der Waals surface area (Å²) in [4.78, 5) is 13.6. The molecule has 0 saturated heterocycles. The van der Waals surface area contributed by atoms with Crippen LogP contribution in [0.3, 0.4) is 0 Å². The Morgan fingerprint density at radius 3 is 2.28 bits per heavy atom. The summed E-state index contributed by atoms with van der Waals surface area (Å²) in [6, 6.07) is 16.7. The molecule has 0 fully saturated rings. The summed E-state index contributed by atoms with van der Waals surface area (Å²) in [6.45, 7) is 4.19. The largest absolute Gasteiger partial charge is 0.382 e. The molecule has 6 N–H and O–H groups in total. The van der Waals surface area contributed by atoms with Gasteiger partial charge in [0.15, 0.2) is 23.2 Å². The van der Waals surface area contributed by atoms with Gasteiger partial charge in [0.05, 0.1) is 28.2 Å². The van der Waals surface area contributed by atoms with Crippen LogP contribution in [-0.4, -0.2) is 37.6 Å². The van der Waals surface area contributed by atoms with E-state index in [0.717, 1.165) is 16.7 Å².